The third kappa shape index (κ3) is 4.14. The molecule has 1 saturated heterocycles. The monoisotopic (exact) mass is 465 g/mol. The second kappa shape index (κ2) is 8.64. The zero-order valence-electron chi connectivity index (χ0n) is 18.5. The lowest BCUT2D eigenvalue weighted by Gasteiger charge is -2.19. The molecule has 1 aromatic heterocycles. The number of aromatic amines is 1. The van der Waals surface area contributed by atoms with Crippen LogP contribution in [0.2, 0.25) is 0 Å². The Bertz CT molecular complexity index is 1250. The lowest BCUT2D eigenvalue weighted by Crippen LogP contribution is -2.26. The number of amides is 1. The number of benzene rings is 2. The van der Waals surface area contributed by atoms with Gasteiger partial charge in [-0.1, -0.05) is 30.3 Å². The summed E-state index contributed by atoms with van der Waals surface area (Å²) in [7, 11) is -3.62. The van der Waals surface area contributed by atoms with E-state index in [1.165, 1.54) is 22.8 Å². The van der Waals surface area contributed by atoms with Crippen LogP contribution in [0.25, 0.3) is 0 Å². The van der Waals surface area contributed by atoms with Crippen molar-refractivity contribution in [1.29, 1.82) is 0 Å². The SMILES string of the molecule is CC(C(=O)Nc1n[nH]c2c1CN(S(=O)(=O)c1ccccc1)C2)c1ccc(N2CCCC2)cc1. The Balaban J connectivity index is 1.27. The van der Waals surface area contributed by atoms with E-state index < -0.39 is 10.0 Å². The van der Waals surface area contributed by atoms with E-state index in [-0.39, 0.29) is 29.8 Å². The fourth-order valence-corrected chi connectivity index (χ4v) is 5.85. The Labute approximate surface area is 193 Å². The molecule has 2 aromatic carbocycles. The molecular formula is C24H27N5O3S. The smallest absolute Gasteiger partial charge is 0.243 e. The summed E-state index contributed by atoms with van der Waals surface area (Å²) in [5.41, 5.74) is 3.52. The number of hydrogen-bond acceptors (Lipinski definition) is 5. The quantitative estimate of drug-likeness (QED) is 0.581. The van der Waals surface area contributed by atoms with Gasteiger partial charge in [0.2, 0.25) is 15.9 Å². The summed E-state index contributed by atoms with van der Waals surface area (Å²) in [4.78, 5) is 15.6. The van der Waals surface area contributed by atoms with Crippen LogP contribution in [-0.2, 0) is 27.9 Å². The van der Waals surface area contributed by atoms with E-state index >= 15 is 0 Å². The Morgan fingerprint density at radius 2 is 1.73 bits per heavy atom. The first-order valence-electron chi connectivity index (χ1n) is 11.2. The van der Waals surface area contributed by atoms with Gasteiger partial charge in [-0.3, -0.25) is 9.89 Å². The highest BCUT2D eigenvalue weighted by molar-refractivity contribution is 7.89. The van der Waals surface area contributed by atoms with Crippen molar-refractivity contribution >= 4 is 27.4 Å². The van der Waals surface area contributed by atoms with Crippen molar-refractivity contribution < 1.29 is 13.2 Å². The Morgan fingerprint density at radius 1 is 1.03 bits per heavy atom. The topological polar surface area (TPSA) is 98.4 Å². The predicted molar refractivity (Wildman–Crippen MR) is 126 cm³/mol. The highest BCUT2D eigenvalue weighted by atomic mass is 32.2. The minimum atomic E-state index is -3.62. The van der Waals surface area contributed by atoms with Gasteiger partial charge in [-0.15, -0.1) is 0 Å². The Hall–Kier alpha value is -3.17. The summed E-state index contributed by atoms with van der Waals surface area (Å²) < 4.78 is 27.3. The maximum atomic E-state index is 13.0. The van der Waals surface area contributed by atoms with Crippen molar-refractivity contribution in [2.45, 2.75) is 43.7 Å². The third-order valence-electron chi connectivity index (χ3n) is 6.50. The lowest BCUT2D eigenvalue weighted by atomic mass is 10.00. The van der Waals surface area contributed by atoms with E-state index in [1.807, 2.05) is 19.1 Å². The number of rotatable bonds is 6. The zero-order chi connectivity index (χ0) is 23.0. The molecule has 0 spiro atoms. The van der Waals surface area contributed by atoms with Crippen LogP contribution in [0.15, 0.2) is 59.5 Å². The molecule has 1 amide bonds. The van der Waals surface area contributed by atoms with Gasteiger partial charge >= 0.3 is 0 Å². The van der Waals surface area contributed by atoms with Gasteiger partial charge in [0.05, 0.1) is 23.1 Å². The number of nitrogens with zero attached hydrogens (tertiary/aromatic N) is 3. The molecular weight excluding hydrogens is 438 g/mol. The highest BCUT2D eigenvalue weighted by Gasteiger charge is 2.34. The number of hydrogen-bond donors (Lipinski definition) is 2. The van der Waals surface area contributed by atoms with Crippen LogP contribution in [0, 0.1) is 0 Å². The number of carbonyl (C=O) groups is 1. The fourth-order valence-electron chi connectivity index (χ4n) is 4.45. The maximum absolute atomic E-state index is 13.0. The molecule has 3 heterocycles. The van der Waals surface area contributed by atoms with E-state index in [2.05, 4.69) is 32.5 Å². The van der Waals surface area contributed by atoms with Crippen molar-refractivity contribution in [1.82, 2.24) is 14.5 Å². The molecule has 0 aliphatic carbocycles. The van der Waals surface area contributed by atoms with Crippen LogP contribution in [0.3, 0.4) is 0 Å². The van der Waals surface area contributed by atoms with Gasteiger partial charge in [-0.05, 0) is 49.6 Å². The summed E-state index contributed by atoms with van der Waals surface area (Å²) in [6, 6.07) is 16.5. The summed E-state index contributed by atoms with van der Waals surface area (Å²) in [6.07, 6.45) is 2.44. The molecule has 0 radical (unpaired) electrons. The maximum Gasteiger partial charge on any atom is 0.243 e. The summed E-state index contributed by atoms with van der Waals surface area (Å²) >= 11 is 0. The predicted octanol–water partition coefficient (Wildman–Crippen LogP) is 3.46. The molecule has 1 fully saturated rings. The van der Waals surface area contributed by atoms with Crippen LogP contribution in [0.5, 0.6) is 0 Å². The molecule has 3 aromatic rings. The fraction of sp³-hybridized carbons (Fsp3) is 0.333. The summed E-state index contributed by atoms with van der Waals surface area (Å²) in [5, 5.41) is 10.00. The first kappa shape index (κ1) is 21.7. The second-order valence-electron chi connectivity index (χ2n) is 8.61. The largest absolute Gasteiger partial charge is 0.372 e. The van der Waals surface area contributed by atoms with Crippen molar-refractivity contribution in [2.75, 3.05) is 23.3 Å². The van der Waals surface area contributed by atoms with E-state index in [1.54, 1.807) is 30.3 Å². The highest BCUT2D eigenvalue weighted by Crippen LogP contribution is 2.32. The number of fused-ring (bicyclic) bond motifs is 1. The van der Waals surface area contributed by atoms with Crippen LogP contribution in [0.1, 0.15) is 42.5 Å². The van der Waals surface area contributed by atoms with Gasteiger partial charge in [0.15, 0.2) is 5.82 Å². The van der Waals surface area contributed by atoms with Crippen LogP contribution in [0.4, 0.5) is 11.5 Å². The molecule has 33 heavy (non-hydrogen) atoms. The molecule has 0 saturated carbocycles. The molecule has 8 nitrogen and oxygen atoms in total. The molecule has 2 aliphatic heterocycles. The van der Waals surface area contributed by atoms with E-state index in [4.69, 9.17) is 0 Å². The van der Waals surface area contributed by atoms with Crippen molar-refractivity contribution in [3.63, 3.8) is 0 Å². The van der Waals surface area contributed by atoms with Gasteiger partial charge in [0.25, 0.3) is 0 Å². The Morgan fingerprint density at radius 3 is 2.42 bits per heavy atom. The van der Waals surface area contributed by atoms with Gasteiger partial charge in [-0.25, -0.2) is 8.42 Å². The van der Waals surface area contributed by atoms with Gasteiger partial charge in [-0.2, -0.15) is 9.40 Å². The van der Waals surface area contributed by atoms with Gasteiger partial charge < -0.3 is 10.2 Å². The first-order chi connectivity index (χ1) is 15.9. The van der Waals surface area contributed by atoms with E-state index in [0.717, 1.165) is 18.7 Å². The summed E-state index contributed by atoms with van der Waals surface area (Å²) in [6.45, 7) is 4.38. The average Bonchev–Trinajstić information content (AvgIpc) is 3.58. The molecule has 2 N–H and O–H groups in total. The number of carbonyl (C=O) groups excluding carboxylic acids is 1. The number of H-pyrrole nitrogens is 1. The Kier molecular flexibility index (Phi) is 5.67. The van der Waals surface area contributed by atoms with Crippen LogP contribution < -0.4 is 10.2 Å². The standard InChI is InChI=1S/C24H27N5O3S/c1-17(18-9-11-19(12-10-18)28-13-5-6-14-28)24(30)25-23-21-15-29(16-22(21)26-27-23)33(31,32)20-7-3-2-4-8-20/h2-4,7-12,17H,5-6,13-16H2,1H3,(H2,25,26,27,30). The third-order valence-corrected chi connectivity index (χ3v) is 8.31. The van der Waals surface area contributed by atoms with Crippen molar-refractivity contribution in [3.05, 3.63) is 71.4 Å². The lowest BCUT2D eigenvalue weighted by molar-refractivity contribution is -0.117. The molecule has 2 aliphatic rings. The van der Waals surface area contributed by atoms with Gasteiger partial charge in [0.1, 0.15) is 0 Å². The minimum Gasteiger partial charge on any atom is -0.372 e. The number of sulfonamides is 1. The van der Waals surface area contributed by atoms with Gasteiger partial charge in [0, 0.05) is 30.9 Å². The van der Waals surface area contributed by atoms with Crippen LogP contribution >= 0.6 is 0 Å². The van der Waals surface area contributed by atoms with Crippen LogP contribution in [-0.4, -0.2) is 41.9 Å². The molecule has 172 valence electrons. The zero-order valence-corrected chi connectivity index (χ0v) is 19.3. The molecule has 1 unspecified atom stereocenters. The molecule has 1 atom stereocenters. The van der Waals surface area contributed by atoms with Crippen molar-refractivity contribution in [2.24, 2.45) is 0 Å². The summed E-state index contributed by atoms with van der Waals surface area (Å²) in [5.74, 6) is -0.153. The molecule has 5 rings (SSSR count). The second-order valence-corrected chi connectivity index (χ2v) is 10.6. The average molecular weight is 466 g/mol. The normalized spacial score (nSPS) is 17.2. The van der Waals surface area contributed by atoms with Crippen molar-refractivity contribution in [3.8, 4) is 0 Å². The number of nitrogens with one attached hydrogen (secondary N) is 2. The molecule has 9 heteroatoms. The molecule has 0 bridgehead atoms. The van der Waals surface area contributed by atoms with E-state index in [0.29, 0.717) is 17.1 Å². The first-order valence-corrected chi connectivity index (χ1v) is 12.6. The number of aromatic nitrogens is 2. The van der Waals surface area contributed by atoms with E-state index in [9.17, 15) is 13.2 Å². The minimum absolute atomic E-state index is 0.164. The number of anilines is 2.